The summed E-state index contributed by atoms with van der Waals surface area (Å²) in [6.45, 7) is 0. The molecule has 0 spiro atoms. The highest BCUT2D eigenvalue weighted by Gasteiger charge is 2.21. The van der Waals surface area contributed by atoms with Gasteiger partial charge in [0.25, 0.3) is 0 Å². The van der Waals surface area contributed by atoms with Crippen LogP contribution in [0, 0.1) is 0 Å². The van der Waals surface area contributed by atoms with E-state index in [1.54, 1.807) is 0 Å². The molecule has 0 N–H and O–H groups in total. The van der Waals surface area contributed by atoms with Gasteiger partial charge in [-0.3, -0.25) is 4.57 Å². The van der Waals surface area contributed by atoms with Crippen LogP contribution in [-0.4, -0.2) is 29.5 Å². The van der Waals surface area contributed by atoms with Crippen LogP contribution >= 0.6 is 0 Å². The molecule has 0 unspecified atom stereocenters. The Kier molecular flexibility index (Phi) is 8.04. The summed E-state index contributed by atoms with van der Waals surface area (Å²) in [6, 6.07) is 66.3. The quantitative estimate of drug-likeness (QED) is 0.165. The molecule has 0 aliphatic rings. The predicted octanol–water partition coefficient (Wildman–Crippen LogP) is 11.8. The van der Waals surface area contributed by atoms with E-state index in [9.17, 15) is 0 Å². The van der Waals surface area contributed by atoms with E-state index in [0.717, 1.165) is 72.3 Å². The summed E-state index contributed by atoms with van der Waals surface area (Å²) in [4.78, 5) is 25.2. The maximum Gasteiger partial charge on any atom is 0.164 e. The molecule has 0 bridgehead atoms. The van der Waals surface area contributed by atoms with Gasteiger partial charge >= 0.3 is 0 Å². The molecule has 7 aromatic carbocycles. The first-order valence-corrected chi connectivity index (χ1v) is 18.3. The number of fused-ring (bicyclic) bond motifs is 3. The smallest absolute Gasteiger partial charge is 0.164 e. The zero-order valence-corrected chi connectivity index (χ0v) is 29.7. The van der Waals surface area contributed by atoms with Crippen molar-refractivity contribution < 1.29 is 0 Å². The molecular weight excluding hydrogens is 673 g/mol. The number of nitrogens with zero attached hydrogens (tertiary/aromatic N) is 6. The second kappa shape index (κ2) is 13.8. The van der Waals surface area contributed by atoms with Crippen LogP contribution in [0.3, 0.4) is 0 Å². The zero-order valence-electron chi connectivity index (χ0n) is 29.7. The van der Waals surface area contributed by atoms with E-state index in [0.29, 0.717) is 23.3 Å². The predicted molar refractivity (Wildman–Crippen MR) is 222 cm³/mol. The lowest BCUT2D eigenvalue weighted by molar-refractivity contribution is 1.07. The lowest BCUT2D eigenvalue weighted by atomic mass is 10.0. The second-order valence-electron chi connectivity index (χ2n) is 13.3. The lowest BCUT2D eigenvalue weighted by Gasteiger charge is -2.11. The standard InChI is InChI=1S/C49H32N6/c1-5-15-35(16-6-1)44-43-41-23-13-14-24-42(41)55(40-21-11-4-12-22-40)49(43)54-45(50-44)38-29-25-33(26-30-38)34-27-31-39(32-28-34)48-52-46(36-17-7-2-8-18-36)51-47(53-48)37-19-9-3-10-20-37/h1-32H. The lowest BCUT2D eigenvalue weighted by Crippen LogP contribution is -2.00. The Bertz CT molecular complexity index is 2870. The molecule has 3 aromatic heterocycles. The van der Waals surface area contributed by atoms with Crippen LogP contribution in [0.1, 0.15) is 0 Å². The van der Waals surface area contributed by atoms with Crippen LogP contribution in [0.25, 0.3) is 95.6 Å². The minimum Gasteiger partial charge on any atom is -0.294 e. The Morgan fingerprint density at radius 2 is 0.673 bits per heavy atom. The third kappa shape index (κ3) is 6.02. The van der Waals surface area contributed by atoms with Crippen molar-refractivity contribution in [2.75, 3.05) is 0 Å². The fourth-order valence-electron chi connectivity index (χ4n) is 7.19. The first kappa shape index (κ1) is 32.1. The number of aromatic nitrogens is 6. The molecule has 3 heterocycles. The Morgan fingerprint density at radius 1 is 0.291 bits per heavy atom. The summed E-state index contributed by atoms with van der Waals surface area (Å²) in [6.07, 6.45) is 0. The molecule has 0 aliphatic carbocycles. The van der Waals surface area contributed by atoms with Crippen LogP contribution in [0.4, 0.5) is 0 Å². The molecule has 55 heavy (non-hydrogen) atoms. The molecule has 6 nitrogen and oxygen atoms in total. The van der Waals surface area contributed by atoms with E-state index in [1.165, 1.54) is 0 Å². The van der Waals surface area contributed by atoms with Gasteiger partial charge in [0, 0.05) is 38.9 Å². The third-order valence-electron chi connectivity index (χ3n) is 9.90. The summed E-state index contributed by atoms with van der Waals surface area (Å²) in [5.74, 6) is 2.59. The molecule has 0 amide bonds. The van der Waals surface area contributed by atoms with Crippen LogP contribution < -0.4 is 0 Å². The minimum atomic E-state index is 0.629. The van der Waals surface area contributed by atoms with Gasteiger partial charge in [-0.1, -0.05) is 176 Å². The molecule has 0 radical (unpaired) electrons. The molecule has 0 fully saturated rings. The molecule has 0 saturated carbocycles. The van der Waals surface area contributed by atoms with E-state index in [1.807, 2.05) is 72.8 Å². The van der Waals surface area contributed by atoms with Crippen molar-refractivity contribution in [1.29, 1.82) is 0 Å². The Labute approximate surface area is 318 Å². The van der Waals surface area contributed by atoms with Gasteiger partial charge in [0.05, 0.1) is 16.6 Å². The summed E-state index contributed by atoms with van der Waals surface area (Å²) in [5, 5.41) is 2.16. The third-order valence-corrected chi connectivity index (χ3v) is 9.90. The van der Waals surface area contributed by atoms with Gasteiger partial charge in [-0.05, 0) is 29.3 Å². The van der Waals surface area contributed by atoms with Crippen molar-refractivity contribution >= 4 is 21.9 Å². The number of benzene rings is 7. The van der Waals surface area contributed by atoms with Gasteiger partial charge < -0.3 is 0 Å². The summed E-state index contributed by atoms with van der Waals surface area (Å²) in [7, 11) is 0. The summed E-state index contributed by atoms with van der Waals surface area (Å²) < 4.78 is 2.25. The van der Waals surface area contributed by atoms with Gasteiger partial charge in [0.2, 0.25) is 0 Å². The fourth-order valence-corrected chi connectivity index (χ4v) is 7.19. The van der Waals surface area contributed by atoms with Crippen LogP contribution in [0.5, 0.6) is 0 Å². The maximum atomic E-state index is 5.28. The molecule has 10 rings (SSSR count). The Hall–Kier alpha value is -7.57. The zero-order chi connectivity index (χ0) is 36.6. The molecular formula is C49H32N6. The Morgan fingerprint density at radius 3 is 1.18 bits per heavy atom. The number of para-hydroxylation sites is 2. The minimum absolute atomic E-state index is 0.629. The van der Waals surface area contributed by atoms with Crippen molar-refractivity contribution in [2.24, 2.45) is 0 Å². The molecule has 10 aromatic rings. The largest absolute Gasteiger partial charge is 0.294 e. The van der Waals surface area contributed by atoms with Gasteiger partial charge in [-0.25, -0.2) is 24.9 Å². The van der Waals surface area contributed by atoms with E-state index in [2.05, 4.69) is 126 Å². The monoisotopic (exact) mass is 704 g/mol. The van der Waals surface area contributed by atoms with Crippen LogP contribution in [-0.2, 0) is 0 Å². The van der Waals surface area contributed by atoms with Gasteiger partial charge in [0.15, 0.2) is 23.3 Å². The van der Waals surface area contributed by atoms with Crippen LogP contribution in [0.2, 0.25) is 0 Å². The average molecular weight is 705 g/mol. The molecule has 258 valence electrons. The van der Waals surface area contributed by atoms with Gasteiger partial charge in [-0.2, -0.15) is 0 Å². The first-order valence-electron chi connectivity index (χ1n) is 18.3. The van der Waals surface area contributed by atoms with Gasteiger partial charge in [0.1, 0.15) is 5.65 Å². The SMILES string of the molecule is c1ccc(-c2nc(-c3ccccc3)nc(-c3ccc(-c4ccc(-c5nc(-c6ccccc6)c6c7ccccc7n(-c7ccccc7)c6n5)cc4)cc3)n2)cc1. The molecule has 0 saturated heterocycles. The first-order chi connectivity index (χ1) is 27.3. The Balaban J connectivity index is 1.03. The van der Waals surface area contributed by atoms with Gasteiger partial charge in [-0.15, -0.1) is 0 Å². The van der Waals surface area contributed by atoms with E-state index < -0.39 is 0 Å². The van der Waals surface area contributed by atoms with E-state index in [-0.39, 0.29) is 0 Å². The fraction of sp³-hybridized carbons (Fsp3) is 0. The van der Waals surface area contributed by atoms with Crippen molar-refractivity contribution in [3.05, 3.63) is 194 Å². The van der Waals surface area contributed by atoms with Crippen molar-refractivity contribution in [3.63, 3.8) is 0 Å². The maximum absolute atomic E-state index is 5.28. The number of hydrogen-bond acceptors (Lipinski definition) is 5. The highest BCUT2D eigenvalue weighted by Crippen LogP contribution is 2.38. The molecule has 0 aliphatic heterocycles. The van der Waals surface area contributed by atoms with Crippen molar-refractivity contribution in [1.82, 2.24) is 29.5 Å². The number of hydrogen-bond donors (Lipinski definition) is 0. The van der Waals surface area contributed by atoms with Crippen molar-refractivity contribution in [2.45, 2.75) is 0 Å². The second-order valence-corrected chi connectivity index (χ2v) is 13.3. The average Bonchev–Trinajstić information content (AvgIpc) is 3.61. The highest BCUT2D eigenvalue weighted by atomic mass is 15.1. The molecule has 6 heteroatoms. The van der Waals surface area contributed by atoms with E-state index >= 15 is 0 Å². The summed E-state index contributed by atoms with van der Waals surface area (Å²) >= 11 is 0. The van der Waals surface area contributed by atoms with Crippen molar-refractivity contribution in [3.8, 4) is 73.6 Å². The topological polar surface area (TPSA) is 69.4 Å². The highest BCUT2D eigenvalue weighted by molar-refractivity contribution is 6.14. The number of rotatable bonds is 7. The van der Waals surface area contributed by atoms with E-state index in [4.69, 9.17) is 24.9 Å². The summed E-state index contributed by atoms with van der Waals surface area (Å²) in [5.41, 5.74) is 10.9. The van der Waals surface area contributed by atoms with Crippen LogP contribution in [0.15, 0.2) is 194 Å². The normalized spacial score (nSPS) is 11.3. The molecule has 0 atom stereocenters.